The van der Waals surface area contributed by atoms with Gasteiger partial charge in [0.25, 0.3) is 28.0 Å². The third kappa shape index (κ3) is 7.54. The number of benzene rings is 1. The molecule has 0 unspecified atom stereocenters. The number of rotatable bonds is 5. The molecule has 0 radical (unpaired) electrons. The summed E-state index contributed by atoms with van der Waals surface area (Å²) in [5.41, 5.74) is 2.04. The minimum absolute atomic E-state index is 0.0927. The normalized spacial score (nSPS) is 12.8. The molecule has 0 aliphatic carbocycles. The van der Waals surface area contributed by atoms with E-state index in [0.29, 0.717) is 30.9 Å². The first-order valence-electron chi connectivity index (χ1n) is 10.4. The molecule has 0 bridgehead atoms. The highest BCUT2D eigenvalue weighted by atomic mass is 32.2. The van der Waals surface area contributed by atoms with Crippen LogP contribution in [0.25, 0.3) is 0 Å². The molecule has 0 atom stereocenters. The van der Waals surface area contributed by atoms with Crippen molar-refractivity contribution in [3.8, 4) is 0 Å². The van der Waals surface area contributed by atoms with E-state index in [1.54, 1.807) is 41.4 Å². The van der Waals surface area contributed by atoms with Gasteiger partial charge in [0.05, 0.1) is 12.8 Å². The monoisotopic (exact) mass is 513 g/mol. The fourth-order valence-electron chi connectivity index (χ4n) is 2.96. The number of nitrogens with zero attached hydrogens (tertiary/aromatic N) is 4. The molecule has 0 saturated carbocycles. The molecule has 4 N–H and O–H groups in total. The minimum Gasteiger partial charge on any atom is -0.463 e. The van der Waals surface area contributed by atoms with Gasteiger partial charge in [-0.1, -0.05) is 6.07 Å². The zero-order valence-electron chi connectivity index (χ0n) is 19.3. The lowest BCUT2D eigenvalue weighted by atomic mass is 10.2. The van der Waals surface area contributed by atoms with Crippen LogP contribution in [0, 0.1) is 12.3 Å². The SMILES string of the molecule is CS(=O)(=O)O.Cc1ccc(NC(=O)c2nccnc2C(=O)Nc2ccc(N3CCOC3=N)cc2)nc1. The molecule has 1 saturated heterocycles. The summed E-state index contributed by atoms with van der Waals surface area (Å²) in [6.45, 7) is 2.95. The standard InChI is InChI=1S/C21H19N7O3.CH4O3S/c1-13-2-7-16(25-12-13)27-20(30)18-17(23-8-9-24-18)19(29)26-14-3-5-15(6-4-14)28-10-11-31-21(28)22;1-5(2,3)4/h2-9,12,22H,10-11H2,1H3,(H,26,29)(H,25,27,30);1H3,(H,2,3,4). The van der Waals surface area contributed by atoms with Crippen molar-refractivity contribution >= 4 is 45.1 Å². The Hall–Kier alpha value is -4.43. The predicted molar refractivity (Wildman–Crippen MR) is 132 cm³/mol. The summed E-state index contributed by atoms with van der Waals surface area (Å²) in [6.07, 6.45) is 5.03. The number of nitrogens with one attached hydrogen (secondary N) is 3. The second-order valence-electron chi connectivity index (χ2n) is 7.47. The summed E-state index contributed by atoms with van der Waals surface area (Å²) in [7, 11) is -3.67. The van der Waals surface area contributed by atoms with Crippen LogP contribution in [0.5, 0.6) is 0 Å². The van der Waals surface area contributed by atoms with Gasteiger partial charge in [-0.05, 0) is 42.8 Å². The molecule has 4 rings (SSSR count). The number of hydrogen-bond donors (Lipinski definition) is 4. The highest BCUT2D eigenvalue weighted by molar-refractivity contribution is 7.85. The quantitative estimate of drug-likeness (QED) is 0.367. The first-order chi connectivity index (χ1) is 17.0. The number of pyridine rings is 1. The van der Waals surface area contributed by atoms with Crippen molar-refractivity contribution in [1.82, 2.24) is 15.0 Å². The number of carbonyl (C=O) groups is 2. The fourth-order valence-corrected chi connectivity index (χ4v) is 2.96. The van der Waals surface area contributed by atoms with Crippen LogP contribution in [0.2, 0.25) is 0 Å². The molecule has 1 aromatic carbocycles. The van der Waals surface area contributed by atoms with Crippen molar-refractivity contribution in [2.45, 2.75) is 6.92 Å². The Balaban J connectivity index is 0.000000658. The van der Waals surface area contributed by atoms with Crippen molar-refractivity contribution in [1.29, 1.82) is 5.41 Å². The molecule has 1 aliphatic rings. The molecule has 36 heavy (non-hydrogen) atoms. The summed E-state index contributed by atoms with van der Waals surface area (Å²) in [5.74, 6) is -0.808. The number of aromatic nitrogens is 3. The largest absolute Gasteiger partial charge is 0.463 e. The third-order valence-electron chi connectivity index (χ3n) is 4.52. The Morgan fingerprint density at radius 1 is 1.00 bits per heavy atom. The molecule has 14 heteroatoms. The van der Waals surface area contributed by atoms with E-state index in [2.05, 4.69) is 25.6 Å². The van der Waals surface area contributed by atoms with Crippen LogP contribution in [-0.4, -0.2) is 65.2 Å². The highest BCUT2D eigenvalue weighted by Crippen LogP contribution is 2.21. The van der Waals surface area contributed by atoms with E-state index < -0.39 is 21.9 Å². The number of aryl methyl sites for hydroxylation is 1. The summed E-state index contributed by atoms with van der Waals surface area (Å²) < 4.78 is 31.0. The van der Waals surface area contributed by atoms with Gasteiger partial charge in [-0.15, -0.1) is 0 Å². The maximum atomic E-state index is 12.8. The number of ether oxygens (including phenoxy) is 1. The van der Waals surface area contributed by atoms with E-state index in [0.717, 1.165) is 11.3 Å². The van der Waals surface area contributed by atoms with Gasteiger partial charge in [0.1, 0.15) is 12.4 Å². The van der Waals surface area contributed by atoms with Crippen molar-refractivity contribution in [3.63, 3.8) is 0 Å². The molecule has 2 aromatic heterocycles. The van der Waals surface area contributed by atoms with E-state index >= 15 is 0 Å². The summed E-state index contributed by atoms with van der Waals surface area (Å²) in [6, 6.07) is 10.5. The maximum absolute atomic E-state index is 12.8. The number of carbonyl (C=O) groups excluding carboxylic acids is 2. The van der Waals surface area contributed by atoms with Crippen LogP contribution in [-0.2, 0) is 14.9 Å². The van der Waals surface area contributed by atoms with Crippen molar-refractivity contribution in [2.75, 3.05) is 34.9 Å². The number of hydrogen-bond acceptors (Lipinski definition) is 9. The van der Waals surface area contributed by atoms with Gasteiger partial charge in [-0.2, -0.15) is 8.42 Å². The van der Waals surface area contributed by atoms with Gasteiger partial charge >= 0.3 is 0 Å². The zero-order valence-corrected chi connectivity index (χ0v) is 20.1. The Morgan fingerprint density at radius 3 is 2.08 bits per heavy atom. The smallest absolute Gasteiger partial charge is 0.289 e. The average Bonchev–Trinajstić information content (AvgIpc) is 3.26. The van der Waals surface area contributed by atoms with Crippen molar-refractivity contribution in [3.05, 3.63) is 71.9 Å². The van der Waals surface area contributed by atoms with Crippen LogP contribution in [0.3, 0.4) is 0 Å². The van der Waals surface area contributed by atoms with Gasteiger partial charge in [0.15, 0.2) is 11.4 Å². The Morgan fingerprint density at radius 2 is 1.58 bits per heavy atom. The van der Waals surface area contributed by atoms with E-state index in [4.69, 9.17) is 14.7 Å². The van der Waals surface area contributed by atoms with E-state index in [1.165, 1.54) is 12.4 Å². The maximum Gasteiger partial charge on any atom is 0.289 e. The third-order valence-corrected chi connectivity index (χ3v) is 4.52. The molecule has 188 valence electrons. The van der Waals surface area contributed by atoms with Gasteiger partial charge in [-0.25, -0.2) is 15.0 Å². The number of anilines is 3. The van der Waals surface area contributed by atoms with Crippen LogP contribution in [0.4, 0.5) is 17.2 Å². The zero-order chi connectivity index (χ0) is 26.3. The van der Waals surface area contributed by atoms with Gasteiger partial charge in [-0.3, -0.25) is 24.5 Å². The topological polar surface area (TPSA) is 188 Å². The summed E-state index contributed by atoms with van der Waals surface area (Å²) in [5, 5.41) is 13.1. The second-order valence-corrected chi connectivity index (χ2v) is 8.93. The fraction of sp³-hybridized carbons (Fsp3) is 0.182. The van der Waals surface area contributed by atoms with E-state index in [9.17, 15) is 18.0 Å². The first kappa shape index (κ1) is 26.2. The van der Waals surface area contributed by atoms with E-state index in [1.807, 2.05) is 13.0 Å². The van der Waals surface area contributed by atoms with Crippen LogP contribution >= 0.6 is 0 Å². The van der Waals surface area contributed by atoms with Gasteiger partial charge < -0.3 is 15.4 Å². The first-order valence-corrected chi connectivity index (χ1v) is 12.2. The number of amidine groups is 1. The molecule has 1 fully saturated rings. The molecule has 13 nitrogen and oxygen atoms in total. The molecule has 1 aliphatic heterocycles. The molecule has 0 spiro atoms. The highest BCUT2D eigenvalue weighted by Gasteiger charge is 2.22. The average molecular weight is 514 g/mol. The summed E-state index contributed by atoms with van der Waals surface area (Å²) >= 11 is 0. The molecule has 3 heterocycles. The molecular weight excluding hydrogens is 490 g/mol. The molecular formula is C22H23N7O6S. The predicted octanol–water partition coefficient (Wildman–Crippen LogP) is 1.96. The minimum atomic E-state index is -3.67. The molecule has 3 aromatic rings. The Kier molecular flexibility index (Phi) is 8.24. The lowest BCUT2D eigenvalue weighted by Gasteiger charge is -2.15. The Labute approximate surface area is 206 Å². The lowest BCUT2D eigenvalue weighted by molar-refractivity contribution is 0.0982. The van der Waals surface area contributed by atoms with Gasteiger partial charge in [0, 0.05) is 30.0 Å². The molecule has 2 amide bonds. The number of amides is 2. The summed E-state index contributed by atoms with van der Waals surface area (Å²) in [4.78, 5) is 39.3. The van der Waals surface area contributed by atoms with Crippen LogP contribution in [0.1, 0.15) is 26.5 Å². The van der Waals surface area contributed by atoms with Crippen molar-refractivity contribution < 1.29 is 27.3 Å². The van der Waals surface area contributed by atoms with Gasteiger partial charge in [0.2, 0.25) is 0 Å². The Bertz CT molecular complexity index is 1350. The lowest BCUT2D eigenvalue weighted by Crippen LogP contribution is -2.24. The second kappa shape index (κ2) is 11.3. The van der Waals surface area contributed by atoms with E-state index in [-0.39, 0.29) is 17.4 Å². The van der Waals surface area contributed by atoms with Crippen LogP contribution < -0.4 is 15.5 Å². The van der Waals surface area contributed by atoms with Crippen molar-refractivity contribution in [2.24, 2.45) is 0 Å². The van der Waals surface area contributed by atoms with Crippen LogP contribution in [0.15, 0.2) is 55.0 Å².